The van der Waals surface area contributed by atoms with Crippen LogP contribution in [0.25, 0.3) is 0 Å². The Morgan fingerprint density at radius 2 is 1.82 bits per heavy atom. The number of nitrogens with two attached hydrogens (primary N) is 1. The second-order valence-electron chi connectivity index (χ2n) is 3.51. The Morgan fingerprint density at radius 1 is 1.06 bits per heavy atom. The van der Waals surface area contributed by atoms with Crippen molar-refractivity contribution in [1.29, 1.82) is 0 Å². The van der Waals surface area contributed by atoms with Crippen LogP contribution in [-0.2, 0) is 16.0 Å². The monoisotopic (exact) mass is 239 g/mol. The fraction of sp³-hybridized carbons (Fsp3) is 0.538. The summed E-state index contributed by atoms with van der Waals surface area (Å²) < 4.78 is 16.0. The Balaban J connectivity index is 2.09. The van der Waals surface area contributed by atoms with Crippen molar-refractivity contribution in [2.24, 2.45) is 5.73 Å². The van der Waals surface area contributed by atoms with Crippen molar-refractivity contribution in [3.8, 4) is 5.75 Å². The van der Waals surface area contributed by atoms with Crippen molar-refractivity contribution in [1.82, 2.24) is 0 Å². The zero-order valence-corrected chi connectivity index (χ0v) is 10.4. The van der Waals surface area contributed by atoms with Gasteiger partial charge >= 0.3 is 0 Å². The molecule has 96 valence electrons. The van der Waals surface area contributed by atoms with Crippen LogP contribution < -0.4 is 10.5 Å². The van der Waals surface area contributed by atoms with Gasteiger partial charge in [-0.1, -0.05) is 12.1 Å². The summed E-state index contributed by atoms with van der Waals surface area (Å²) in [7, 11) is 0. The highest BCUT2D eigenvalue weighted by molar-refractivity contribution is 5.28. The topological polar surface area (TPSA) is 53.7 Å². The molecule has 0 heterocycles. The molecule has 0 atom stereocenters. The summed E-state index contributed by atoms with van der Waals surface area (Å²) in [5.74, 6) is 0.835. The molecule has 0 aromatic heterocycles. The number of rotatable bonds is 9. The Morgan fingerprint density at radius 3 is 2.59 bits per heavy atom. The molecule has 0 spiro atoms. The molecule has 4 heteroatoms. The number of hydrogen-bond donors (Lipinski definition) is 1. The molecule has 0 fully saturated rings. The van der Waals surface area contributed by atoms with Gasteiger partial charge in [-0.05, 0) is 24.6 Å². The highest BCUT2D eigenvalue weighted by Crippen LogP contribution is 2.12. The van der Waals surface area contributed by atoms with Gasteiger partial charge in [0.1, 0.15) is 12.4 Å². The molecule has 1 aromatic carbocycles. The lowest BCUT2D eigenvalue weighted by molar-refractivity contribution is 0.0405. The molecule has 0 unspecified atom stereocenters. The molecule has 0 bridgehead atoms. The van der Waals surface area contributed by atoms with Crippen LogP contribution in [0.4, 0.5) is 0 Å². The minimum absolute atomic E-state index is 0.530. The van der Waals surface area contributed by atoms with E-state index in [4.69, 9.17) is 19.9 Å². The normalized spacial score (nSPS) is 10.5. The molecular weight excluding hydrogens is 218 g/mol. The summed E-state index contributed by atoms with van der Waals surface area (Å²) in [5, 5.41) is 0. The highest BCUT2D eigenvalue weighted by Gasteiger charge is 1.95. The zero-order valence-electron chi connectivity index (χ0n) is 10.4. The summed E-state index contributed by atoms with van der Waals surface area (Å²) in [5.41, 5.74) is 6.62. The maximum atomic E-state index is 5.55. The van der Waals surface area contributed by atoms with Gasteiger partial charge in [0, 0.05) is 13.2 Å². The maximum Gasteiger partial charge on any atom is 0.119 e. The molecule has 2 N–H and O–H groups in total. The summed E-state index contributed by atoms with van der Waals surface area (Å²) in [6.07, 6.45) is 0. The Kier molecular flexibility index (Phi) is 7.38. The van der Waals surface area contributed by atoms with E-state index in [1.807, 2.05) is 31.2 Å². The summed E-state index contributed by atoms with van der Waals surface area (Å²) in [4.78, 5) is 0. The van der Waals surface area contributed by atoms with Crippen molar-refractivity contribution in [2.45, 2.75) is 13.5 Å². The average Bonchev–Trinajstić information content (AvgIpc) is 2.38. The van der Waals surface area contributed by atoms with Gasteiger partial charge in [-0.3, -0.25) is 0 Å². The molecule has 0 aliphatic rings. The Labute approximate surface area is 103 Å². The van der Waals surface area contributed by atoms with Crippen LogP contribution in [0, 0.1) is 0 Å². The Bertz CT molecular complexity index is 304. The molecule has 0 aliphatic heterocycles. The standard InChI is InChI=1S/C13H21NO3/c1-2-15-6-7-16-8-9-17-13-5-3-4-12(10-13)11-14/h3-5,10H,2,6-9,11,14H2,1H3. The van der Waals surface area contributed by atoms with E-state index in [-0.39, 0.29) is 0 Å². The molecule has 1 aromatic rings. The largest absolute Gasteiger partial charge is 0.491 e. The quantitative estimate of drug-likeness (QED) is 0.665. The number of benzene rings is 1. The maximum absolute atomic E-state index is 5.55. The number of ether oxygens (including phenoxy) is 3. The first-order valence-electron chi connectivity index (χ1n) is 5.94. The van der Waals surface area contributed by atoms with Crippen LogP contribution in [0.3, 0.4) is 0 Å². The van der Waals surface area contributed by atoms with Crippen molar-refractivity contribution in [3.63, 3.8) is 0 Å². The SMILES string of the molecule is CCOCCOCCOc1cccc(CN)c1. The summed E-state index contributed by atoms with van der Waals surface area (Å²) in [6.45, 7) is 5.58. The third-order valence-electron chi connectivity index (χ3n) is 2.21. The van der Waals surface area contributed by atoms with Gasteiger partial charge < -0.3 is 19.9 Å². The lowest BCUT2D eigenvalue weighted by Gasteiger charge is -2.08. The first-order chi connectivity index (χ1) is 8.36. The minimum atomic E-state index is 0.530. The van der Waals surface area contributed by atoms with Crippen LogP contribution in [0.2, 0.25) is 0 Å². The van der Waals surface area contributed by atoms with Crippen LogP contribution >= 0.6 is 0 Å². The molecule has 0 amide bonds. The third kappa shape index (κ3) is 6.26. The number of hydrogen-bond acceptors (Lipinski definition) is 4. The predicted molar refractivity (Wildman–Crippen MR) is 67.1 cm³/mol. The second kappa shape index (κ2) is 8.98. The molecule has 0 radical (unpaired) electrons. The van der Waals surface area contributed by atoms with E-state index in [0.29, 0.717) is 33.0 Å². The molecule has 0 saturated heterocycles. The average molecular weight is 239 g/mol. The van der Waals surface area contributed by atoms with E-state index in [1.54, 1.807) is 0 Å². The van der Waals surface area contributed by atoms with Gasteiger partial charge in [-0.2, -0.15) is 0 Å². The first kappa shape index (κ1) is 14.0. The van der Waals surface area contributed by atoms with Crippen molar-refractivity contribution < 1.29 is 14.2 Å². The zero-order chi connectivity index (χ0) is 12.3. The van der Waals surface area contributed by atoms with E-state index in [9.17, 15) is 0 Å². The lowest BCUT2D eigenvalue weighted by atomic mass is 10.2. The highest BCUT2D eigenvalue weighted by atomic mass is 16.5. The molecule has 4 nitrogen and oxygen atoms in total. The van der Waals surface area contributed by atoms with Crippen LogP contribution in [-0.4, -0.2) is 33.0 Å². The van der Waals surface area contributed by atoms with E-state index < -0.39 is 0 Å². The summed E-state index contributed by atoms with van der Waals surface area (Å²) >= 11 is 0. The van der Waals surface area contributed by atoms with Gasteiger partial charge in [-0.25, -0.2) is 0 Å². The Hall–Kier alpha value is -1.10. The smallest absolute Gasteiger partial charge is 0.119 e. The van der Waals surface area contributed by atoms with E-state index in [0.717, 1.165) is 17.9 Å². The van der Waals surface area contributed by atoms with Gasteiger partial charge in [0.15, 0.2) is 0 Å². The van der Waals surface area contributed by atoms with Gasteiger partial charge in [0.05, 0.1) is 19.8 Å². The lowest BCUT2D eigenvalue weighted by Crippen LogP contribution is -2.10. The molecular formula is C13H21NO3. The van der Waals surface area contributed by atoms with Gasteiger partial charge in [0.2, 0.25) is 0 Å². The van der Waals surface area contributed by atoms with Crippen molar-refractivity contribution in [3.05, 3.63) is 29.8 Å². The van der Waals surface area contributed by atoms with Crippen molar-refractivity contribution in [2.75, 3.05) is 33.0 Å². The van der Waals surface area contributed by atoms with E-state index >= 15 is 0 Å². The first-order valence-corrected chi connectivity index (χ1v) is 5.94. The predicted octanol–water partition coefficient (Wildman–Crippen LogP) is 1.58. The van der Waals surface area contributed by atoms with Crippen LogP contribution in [0.15, 0.2) is 24.3 Å². The van der Waals surface area contributed by atoms with E-state index in [2.05, 4.69) is 0 Å². The molecule has 0 aliphatic carbocycles. The fourth-order valence-electron chi connectivity index (χ4n) is 1.34. The van der Waals surface area contributed by atoms with Gasteiger partial charge in [0.25, 0.3) is 0 Å². The molecule has 0 saturated carbocycles. The third-order valence-corrected chi connectivity index (χ3v) is 2.21. The minimum Gasteiger partial charge on any atom is -0.491 e. The van der Waals surface area contributed by atoms with Crippen LogP contribution in [0.5, 0.6) is 5.75 Å². The molecule has 17 heavy (non-hydrogen) atoms. The van der Waals surface area contributed by atoms with Crippen molar-refractivity contribution >= 4 is 0 Å². The fourth-order valence-corrected chi connectivity index (χ4v) is 1.34. The van der Waals surface area contributed by atoms with Gasteiger partial charge in [-0.15, -0.1) is 0 Å². The van der Waals surface area contributed by atoms with E-state index in [1.165, 1.54) is 0 Å². The summed E-state index contributed by atoms with van der Waals surface area (Å²) in [6, 6.07) is 7.78. The van der Waals surface area contributed by atoms with Crippen LogP contribution in [0.1, 0.15) is 12.5 Å². The second-order valence-corrected chi connectivity index (χ2v) is 3.51. The molecule has 1 rings (SSSR count).